The maximum absolute atomic E-state index is 13.4. The van der Waals surface area contributed by atoms with E-state index in [1.54, 1.807) is 11.3 Å². The first-order chi connectivity index (χ1) is 16.9. The summed E-state index contributed by atoms with van der Waals surface area (Å²) >= 11 is 3.11. The molecule has 10 heteroatoms. The molecule has 1 saturated heterocycles. The van der Waals surface area contributed by atoms with E-state index in [4.69, 9.17) is 0 Å². The lowest BCUT2D eigenvalue weighted by molar-refractivity contribution is -0.131. The Hall–Kier alpha value is -2.95. The van der Waals surface area contributed by atoms with Gasteiger partial charge in [0, 0.05) is 47.7 Å². The maximum atomic E-state index is 13.4. The van der Waals surface area contributed by atoms with Crippen molar-refractivity contribution >= 4 is 50.4 Å². The summed E-state index contributed by atoms with van der Waals surface area (Å²) in [5, 5.41) is 3.89. The summed E-state index contributed by atoms with van der Waals surface area (Å²) in [6, 6.07) is 15.6. The van der Waals surface area contributed by atoms with E-state index in [1.807, 2.05) is 64.2 Å². The van der Waals surface area contributed by atoms with Crippen molar-refractivity contribution in [1.29, 1.82) is 0 Å². The minimum absolute atomic E-state index is 0.00961. The van der Waals surface area contributed by atoms with E-state index in [0.29, 0.717) is 25.8 Å². The number of hydrogen-bond acceptors (Lipinski definition) is 7. The molecule has 1 fully saturated rings. The molecule has 0 bridgehead atoms. The number of amides is 2. The molecule has 1 aromatic carbocycles. The van der Waals surface area contributed by atoms with Crippen molar-refractivity contribution in [2.45, 2.75) is 25.7 Å². The minimum atomic E-state index is -4.27. The van der Waals surface area contributed by atoms with Crippen LogP contribution in [0.4, 0.5) is 5.69 Å². The number of fused-ring (bicyclic) bond motifs is 1. The number of aryl methyl sites for hydroxylation is 1. The molecular weight excluding hydrogens is 502 g/mol. The van der Waals surface area contributed by atoms with Crippen molar-refractivity contribution in [3.63, 3.8) is 0 Å². The summed E-state index contributed by atoms with van der Waals surface area (Å²) < 4.78 is 28.6. The molecule has 0 unspecified atom stereocenters. The molecule has 0 N–H and O–H groups in total. The fourth-order valence-electron chi connectivity index (χ4n) is 4.40. The first kappa shape index (κ1) is 23.8. The maximum Gasteiger partial charge on any atom is 0.331 e. The number of rotatable bonds is 8. The minimum Gasteiger partial charge on any atom is -0.346 e. The second-order valence-corrected chi connectivity index (χ2v) is 12.2. The molecule has 7 nitrogen and oxygen atoms in total. The zero-order chi connectivity index (χ0) is 24.4. The second kappa shape index (κ2) is 9.96. The first-order valence-corrected chi connectivity index (χ1v) is 14.6. The van der Waals surface area contributed by atoms with Gasteiger partial charge in [0.1, 0.15) is 5.57 Å². The Labute approximate surface area is 213 Å². The standard InChI is InChI=1S/C25H25N3O4S3/c29-24-22(18-26-14-11-19-6-1-2-10-23(19)26)25(30)28(15-12-21-9-5-17-34-21)35(31,32)27(24)13-3-7-20-8-4-16-33-20/h1-2,4-6,8-10,16-18H,3,7,11-15H2/b22-18+. The third kappa shape index (κ3) is 4.78. The van der Waals surface area contributed by atoms with Crippen LogP contribution in [0.5, 0.6) is 0 Å². The van der Waals surface area contributed by atoms with Gasteiger partial charge in [0.25, 0.3) is 11.8 Å². The SMILES string of the molecule is O=C1/C(=C\N2CCc3ccccc32)C(=O)N(CCc2cccs2)S(=O)(=O)N1CCCc1cccs1. The van der Waals surface area contributed by atoms with Gasteiger partial charge in [-0.05, 0) is 53.8 Å². The van der Waals surface area contributed by atoms with Gasteiger partial charge in [0.05, 0.1) is 0 Å². The predicted octanol–water partition coefficient (Wildman–Crippen LogP) is 3.85. The molecule has 3 aromatic rings. The van der Waals surface area contributed by atoms with Gasteiger partial charge in [-0.25, -0.2) is 8.61 Å². The van der Waals surface area contributed by atoms with Crippen molar-refractivity contribution < 1.29 is 18.0 Å². The molecule has 2 aliphatic rings. The Kier molecular flexibility index (Phi) is 6.77. The van der Waals surface area contributed by atoms with E-state index >= 15 is 0 Å². The van der Waals surface area contributed by atoms with E-state index in [0.717, 1.165) is 36.0 Å². The highest BCUT2D eigenvalue weighted by Crippen LogP contribution is 2.31. The van der Waals surface area contributed by atoms with Crippen LogP contribution in [0.3, 0.4) is 0 Å². The number of thiophene rings is 2. The van der Waals surface area contributed by atoms with E-state index in [-0.39, 0.29) is 18.7 Å². The van der Waals surface area contributed by atoms with Gasteiger partial charge >= 0.3 is 10.2 Å². The summed E-state index contributed by atoms with van der Waals surface area (Å²) in [7, 11) is -4.27. The molecule has 4 heterocycles. The number of carbonyl (C=O) groups is 2. The fraction of sp³-hybridized carbons (Fsp3) is 0.280. The molecule has 0 spiro atoms. The lowest BCUT2D eigenvalue weighted by Gasteiger charge is -2.35. The molecule has 0 radical (unpaired) electrons. The summed E-state index contributed by atoms with van der Waals surface area (Å²) in [6.45, 7) is 0.643. The van der Waals surface area contributed by atoms with Crippen LogP contribution in [-0.2, 0) is 39.1 Å². The number of benzene rings is 1. The van der Waals surface area contributed by atoms with Crippen molar-refractivity contribution in [1.82, 2.24) is 8.61 Å². The quantitative estimate of drug-likeness (QED) is 0.329. The molecular formula is C25H25N3O4S3. The first-order valence-electron chi connectivity index (χ1n) is 11.5. The van der Waals surface area contributed by atoms with E-state index < -0.39 is 22.0 Å². The van der Waals surface area contributed by atoms with E-state index in [9.17, 15) is 18.0 Å². The van der Waals surface area contributed by atoms with Gasteiger partial charge in [0.2, 0.25) is 0 Å². The van der Waals surface area contributed by atoms with Crippen LogP contribution < -0.4 is 4.90 Å². The third-order valence-corrected chi connectivity index (χ3v) is 9.87. The van der Waals surface area contributed by atoms with Crippen LogP contribution in [0, 0.1) is 0 Å². The highest BCUT2D eigenvalue weighted by molar-refractivity contribution is 7.88. The molecule has 2 amide bonds. The van der Waals surface area contributed by atoms with Crippen LogP contribution in [0.25, 0.3) is 0 Å². The van der Waals surface area contributed by atoms with Gasteiger partial charge < -0.3 is 4.90 Å². The van der Waals surface area contributed by atoms with Crippen LogP contribution in [0.15, 0.2) is 71.1 Å². The highest BCUT2D eigenvalue weighted by atomic mass is 32.2. The molecule has 182 valence electrons. The fourth-order valence-corrected chi connectivity index (χ4v) is 7.39. The van der Waals surface area contributed by atoms with Crippen molar-refractivity contribution in [3.8, 4) is 0 Å². The number of anilines is 1. The van der Waals surface area contributed by atoms with Crippen LogP contribution in [-0.4, -0.2) is 48.5 Å². The molecule has 0 saturated carbocycles. The smallest absolute Gasteiger partial charge is 0.331 e. The summed E-state index contributed by atoms with van der Waals surface area (Å²) in [5.41, 5.74) is 1.96. The Balaban J connectivity index is 1.44. The average molecular weight is 528 g/mol. The molecule has 5 rings (SSSR count). The Morgan fingerprint density at radius 2 is 1.49 bits per heavy atom. The molecule has 0 aliphatic carbocycles. The van der Waals surface area contributed by atoms with Crippen molar-refractivity contribution in [2.75, 3.05) is 24.5 Å². The predicted molar refractivity (Wildman–Crippen MR) is 139 cm³/mol. The molecule has 2 aromatic heterocycles. The number of hydrogen-bond donors (Lipinski definition) is 0. The molecule has 0 atom stereocenters. The third-order valence-electron chi connectivity index (χ3n) is 6.18. The van der Waals surface area contributed by atoms with Crippen LogP contribution >= 0.6 is 22.7 Å². The van der Waals surface area contributed by atoms with E-state index in [2.05, 4.69) is 0 Å². The second-order valence-electron chi connectivity index (χ2n) is 8.39. The molecule has 35 heavy (non-hydrogen) atoms. The summed E-state index contributed by atoms with van der Waals surface area (Å²) in [4.78, 5) is 30.8. The molecule has 2 aliphatic heterocycles. The zero-order valence-corrected chi connectivity index (χ0v) is 21.4. The van der Waals surface area contributed by atoms with Gasteiger partial charge in [0.15, 0.2) is 0 Å². The monoisotopic (exact) mass is 527 g/mol. The van der Waals surface area contributed by atoms with Gasteiger partial charge in [-0.2, -0.15) is 8.42 Å². The summed E-state index contributed by atoms with van der Waals surface area (Å²) in [5.74, 6) is -1.51. The van der Waals surface area contributed by atoms with Crippen LogP contribution in [0.1, 0.15) is 21.7 Å². The van der Waals surface area contributed by atoms with Gasteiger partial charge in [-0.15, -0.1) is 22.7 Å². The Morgan fingerprint density at radius 1 is 0.829 bits per heavy atom. The van der Waals surface area contributed by atoms with Crippen molar-refractivity contribution in [2.24, 2.45) is 0 Å². The lowest BCUT2D eigenvalue weighted by atomic mass is 10.2. The largest absolute Gasteiger partial charge is 0.346 e. The lowest BCUT2D eigenvalue weighted by Crippen LogP contribution is -2.57. The Morgan fingerprint density at radius 3 is 2.17 bits per heavy atom. The van der Waals surface area contributed by atoms with Crippen LogP contribution in [0.2, 0.25) is 0 Å². The topological polar surface area (TPSA) is 78.0 Å². The van der Waals surface area contributed by atoms with Gasteiger partial charge in [-0.1, -0.05) is 30.3 Å². The Bertz CT molecular complexity index is 1350. The van der Waals surface area contributed by atoms with Crippen molar-refractivity contribution in [3.05, 3.63) is 86.4 Å². The summed E-state index contributed by atoms with van der Waals surface area (Å²) in [6.07, 6.45) is 3.89. The number of nitrogens with zero attached hydrogens (tertiary/aromatic N) is 3. The number of carbonyl (C=O) groups excluding carboxylic acids is 2. The highest BCUT2D eigenvalue weighted by Gasteiger charge is 2.46. The number of para-hydroxylation sites is 1. The van der Waals surface area contributed by atoms with Gasteiger partial charge in [-0.3, -0.25) is 9.59 Å². The normalized spacial score (nSPS) is 18.5. The average Bonchev–Trinajstić information content (AvgIpc) is 3.61. The zero-order valence-electron chi connectivity index (χ0n) is 19.0. The van der Waals surface area contributed by atoms with E-state index in [1.165, 1.54) is 17.5 Å².